The Morgan fingerprint density at radius 3 is 2.65 bits per heavy atom. The SMILES string of the molecule is CC(=O)O[C@H]1CC[C@@]2(C)C(=CC[C@H]3[C@@H]4C[C@@H]5O[C@]6(C[C@@H](C)CO6)C(=O)[C@@H](C)[C@@H]5[C@@]4(C)CC[C@@H]32)C1. The molecule has 2 aliphatic heterocycles. The molecule has 5 heteroatoms. The van der Waals surface area contributed by atoms with Crippen LogP contribution in [0.25, 0.3) is 0 Å². The zero-order chi connectivity index (χ0) is 24.0. The Hall–Kier alpha value is -1.20. The Kier molecular flexibility index (Phi) is 5.22. The van der Waals surface area contributed by atoms with Gasteiger partial charge in [0.1, 0.15) is 6.10 Å². The van der Waals surface area contributed by atoms with Gasteiger partial charge in [0.2, 0.25) is 5.79 Å². The van der Waals surface area contributed by atoms with Crippen LogP contribution in [0.3, 0.4) is 0 Å². The molecule has 6 aliphatic rings. The summed E-state index contributed by atoms with van der Waals surface area (Å²) >= 11 is 0. The van der Waals surface area contributed by atoms with Crippen LogP contribution in [0, 0.1) is 46.3 Å². The maximum absolute atomic E-state index is 13.6. The molecule has 188 valence electrons. The molecule has 0 N–H and O–H groups in total. The third-order valence-corrected chi connectivity index (χ3v) is 11.4. The first-order chi connectivity index (χ1) is 16.1. The summed E-state index contributed by atoms with van der Waals surface area (Å²) in [6.07, 6.45) is 11.0. The van der Waals surface area contributed by atoms with Gasteiger partial charge in [0.15, 0.2) is 5.78 Å². The van der Waals surface area contributed by atoms with Crippen molar-refractivity contribution in [1.82, 2.24) is 0 Å². The molecule has 11 atom stereocenters. The lowest BCUT2D eigenvalue weighted by atomic mass is 9.47. The van der Waals surface area contributed by atoms with E-state index in [2.05, 4.69) is 33.8 Å². The van der Waals surface area contributed by atoms with Crippen LogP contribution in [-0.4, -0.2) is 36.4 Å². The number of carbonyl (C=O) groups is 2. The highest BCUT2D eigenvalue weighted by atomic mass is 16.7. The minimum atomic E-state index is -0.982. The summed E-state index contributed by atoms with van der Waals surface area (Å²) in [5, 5.41) is 0. The van der Waals surface area contributed by atoms with E-state index in [0.717, 1.165) is 32.1 Å². The van der Waals surface area contributed by atoms with Gasteiger partial charge in [-0.2, -0.15) is 0 Å². The second kappa shape index (κ2) is 7.65. The van der Waals surface area contributed by atoms with E-state index in [0.29, 0.717) is 42.6 Å². The Labute approximate surface area is 204 Å². The first-order valence-corrected chi connectivity index (χ1v) is 13.8. The van der Waals surface area contributed by atoms with Crippen molar-refractivity contribution in [2.75, 3.05) is 6.61 Å². The van der Waals surface area contributed by atoms with Crippen LogP contribution in [-0.2, 0) is 23.8 Å². The third kappa shape index (κ3) is 3.11. The largest absolute Gasteiger partial charge is 0.462 e. The number of hydrogen-bond acceptors (Lipinski definition) is 5. The number of fused-ring (bicyclic) bond motifs is 7. The van der Waals surface area contributed by atoms with Crippen molar-refractivity contribution in [3.8, 4) is 0 Å². The van der Waals surface area contributed by atoms with E-state index in [1.807, 2.05) is 0 Å². The van der Waals surface area contributed by atoms with Crippen molar-refractivity contribution >= 4 is 11.8 Å². The zero-order valence-electron chi connectivity index (χ0n) is 21.6. The number of allylic oxidation sites excluding steroid dienone is 1. The van der Waals surface area contributed by atoms with Crippen molar-refractivity contribution in [2.24, 2.45) is 46.3 Å². The summed E-state index contributed by atoms with van der Waals surface area (Å²) in [6, 6.07) is 0. The van der Waals surface area contributed by atoms with Crippen LogP contribution in [0.15, 0.2) is 11.6 Å². The molecule has 6 rings (SSSR count). The number of rotatable bonds is 1. The van der Waals surface area contributed by atoms with Gasteiger partial charge in [0.25, 0.3) is 0 Å². The van der Waals surface area contributed by atoms with Crippen molar-refractivity contribution in [3.63, 3.8) is 0 Å². The van der Waals surface area contributed by atoms with E-state index in [9.17, 15) is 9.59 Å². The van der Waals surface area contributed by atoms with Crippen LogP contribution >= 0.6 is 0 Å². The molecule has 3 saturated carbocycles. The van der Waals surface area contributed by atoms with E-state index >= 15 is 0 Å². The van der Waals surface area contributed by atoms with E-state index in [-0.39, 0.29) is 40.7 Å². The normalized spacial score (nSPS) is 54.0. The molecule has 0 aromatic carbocycles. The number of ketones is 1. The first-order valence-electron chi connectivity index (χ1n) is 13.8. The van der Waals surface area contributed by atoms with Gasteiger partial charge in [-0.05, 0) is 73.0 Å². The molecule has 4 aliphatic carbocycles. The lowest BCUT2D eigenvalue weighted by Gasteiger charge is -2.58. The van der Waals surface area contributed by atoms with Gasteiger partial charge < -0.3 is 14.2 Å². The third-order valence-electron chi connectivity index (χ3n) is 11.4. The quantitative estimate of drug-likeness (QED) is 0.376. The van der Waals surface area contributed by atoms with Crippen molar-refractivity contribution in [1.29, 1.82) is 0 Å². The smallest absolute Gasteiger partial charge is 0.302 e. The van der Waals surface area contributed by atoms with Crippen molar-refractivity contribution in [3.05, 3.63) is 11.6 Å². The van der Waals surface area contributed by atoms with Crippen molar-refractivity contribution in [2.45, 2.75) is 104 Å². The second-order valence-corrected chi connectivity index (χ2v) is 13.2. The molecular formula is C29H42O5. The van der Waals surface area contributed by atoms with Gasteiger partial charge in [-0.1, -0.05) is 39.3 Å². The summed E-state index contributed by atoms with van der Waals surface area (Å²) in [5.74, 6) is 1.64. The van der Waals surface area contributed by atoms with E-state index in [1.165, 1.54) is 25.3 Å². The second-order valence-electron chi connectivity index (χ2n) is 13.2. The van der Waals surface area contributed by atoms with Crippen LogP contribution in [0.1, 0.15) is 86.0 Å². The van der Waals surface area contributed by atoms with Gasteiger partial charge in [-0.25, -0.2) is 0 Å². The lowest BCUT2D eigenvalue weighted by molar-refractivity contribution is -0.258. The predicted molar refractivity (Wildman–Crippen MR) is 128 cm³/mol. The monoisotopic (exact) mass is 470 g/mol. The van der Waals surface area contributed by atoms with Crippen molar-refractivity contribution < 1.29 is 23.8 Å². The van der Waals surface area contributed by atoms with E-state index in [4.69, 9.17) is 14.2 Å². The molecule has 2 saturated heterocycles. The van der Waals surface area contributed by atoms with Gasteiger partial charge in [-0.15, -0.1) is 0 Å². The average molecular weight is 471 g/mol. The Bertz CT molecular complexity index is 925. The summed E-state index contributed by atoms with van der Waals surface area (Å²) in [5.41, 5.74) is 1.89. The van der Waals surface area contributed by atoms with Gasteiger partial charge in [-0.3, -0.25) is 9.59 Å². The maximum atomic E-state index is 13.6. The maximum Gasteiger partial charge on any atom is 0.302 e. The molecule has 5 nitrogen and oxygen atoms in total. The fourth-order valence-electron chi connectivity index (χ4n) is 9.92. The van der Waals surface area contributed by atoms with Crippen LogP contribution in [0.5, 0.6) is 0 Å². The molecule has 1 spiro atoms. The Balaban J connectivity index is 1.28. The lowest BCUT2D eigenvalue weighted by Crippen LogP contribution is -2.58. The highest BCUT2D eigenvalue weighted by Gasteiger charge is 2.67. The predicted octanol–water partition coefficient (Wildman–Crippen LogP) is 5.46. The molecule has 0 aromatic rings. The minimum Gasteiger partial charge on any atom is -0.462 e. The van der Waals surface area contributed by atoms with E-state index < -0.39 is 5.79 Å². The highest BCUT2D eigenvalue weighted by Crippen LogP contribution is 2.69. The van der Waals surface area contributed by atoms with Gasteiger partial charge in [0.05, 0.1) is 12.7 Å². The van der Waals surface area contributed by atoms with Crippen LogP contribution in [0.4, 0.5) is 0 Å². The molecule has 0 amide bonds. The zero-order valence-corrected chi connectivity index (χ0v) is 21.6. The summed E-state index contributed by atoms with van der Waals surface area (Å²) in [6.45, 7) is 11.4. The highest BCUT2D eigenvalue weighted by molar-refractivity contribution is 5.89. The summed E-state index contributed by atoms with van der Waals surface area (Å²) in [7, 11) is 0. The molecule has 34 heavy (non-hydrogen) atoms. The summed E-state index contributed by atoms with van der Waals surface area (Å²) < 4.78 is 18.4. The molecular weight excluding hydrogens is 428 g/mol. The standard InChI is InChI=1S/C29H42O5/c1-16-14-29(32-15-16)26(31)17(2)25-24(34-29)13-23-21-7-6-19-12-20(33-18(3)30)8-10-27(19,4)22(21)9-11-28(23,25)5/h6,16-17,20-25H,7-15H2,1-5H3/t16-,17+,20+,21-,22+,23+,24+,25+,27+,28+,29-/m1/s1. The molecule has 0 unspecified atom stereocenters. The minimum absolute atomic E-state index is 0.0000451. The molecule has 0 aromatic heterocycles. The van der Waals surface area contributed by atoms with E-state index in [1.54, 1.807) is 0 Å². The fraction of sp³-hybridized carbons (Fsp3) is 0.862. The van der Waals surface area contributed by atoms with Crippen LogP contribution in [0.2, 0.25) is 0 Å². The summed E-state index contributed by atoms with van der Waals surface area (Å²) in [4.78, 5) is 25.1. The molecule has 2 heterocycles. The topological polar surface area (TPSA) is 61.8 Å². The molecule has 0 bridgehead atoms. The Morgan fingerprint density at radius 2 is 1.94 bits per heavy atom. The van der Waals surface area contributed by atoms with Crippen LogP contribution < -0.4 is 0 Å². The van der Waals surface area contributed by atoms with Gasteiger partial charge in [0, 0.05) is 31.6 Å². The number of ether oxygens (including phenoxy) is 3. The number of hydrogen-bond donors (Lipinski definition) is 0. The average Bonchev–Trinajstić information content (AvgIpc) is 3.29. The molecule has 0 radical (unpaired) electrons. The first kappa shape index (κ1) is 23.2. The van der Waals surface area contributed by atoms with Gasteiger partial charge >= 0.3 is 5.97 Å². The molecule has 5 fully saturated rings. The Morgan fingerprint density at radius 1 is 1.15 bits per heavy atom. The number of carbonyl (C=O) groups excluding carboxylic acids is 2. The fourth-order valence-corrected chi connectivity index (χ4v) is 9.92. The number of esters is 1. The number of Topliss-reactive ketones (excluding diaryl/α,β-unsaturated/α-hetero) is 1.